The van der Waals surface area contributed by atoms with Gasteiger partial charge in [-0.15, -0.1) is 6.58 Å². The van der Waals surface area contributed by atoms with Crippen molar-refractivity contribution in [1.29, 1.82) is 0 Å². The molecule has 0 radical (unpaired) electrons. The number of allylic oxidation sites excluding steroid dienone is 1. The third-order valence-electron chi connectivity index (χ3n) is 3.07. The van der Waals surface area contributed by atoms with Crippen molar-refractivity contribution >= 4 is 0 Å². The molecule has 0 saturated heterocycles. The number of hydrogen-bond acceptors (Lipinski definition) is 3. The molecule has 1 rings (SSSR count). The van der Waals surface area contributed by atoms with Crippen molar-refractivity contribution in [3.05, 3.63) is 42.5 Å². The summed E-state index contributed by atoms with van der Waals surface area (Å²) >= 11 is 0. The average Bonchev–Trinajstić information content (AvgIpc) is 2.44. The van der Waals surface area contributed by atoms with Crippen molar-refractivity contribution < 1.29 is 14.6 Å². The molecule has 1 N–H and O–H groups in total. The van der Waals surface area contributed by atoms with Crippen LogP contribution in [0.3, 0.4) is 0 Å². The zero-order chi connectivity index (χ0) is 14.1. The van der Waals surface area contributed by atoms with Crippen molar-refractivity contribution in [3.8, 4) is 5.75 Å². The summed E-state index contributed by atoms with van der Waals surface area (Å²) in [4.78, 5) is 0. The molecule has 0 fully saturated rings. The van der Waals surface area contributed by atoms with E-state index in [2.05, 4.69) is 13.5 Å². The average molecular weight is 264 g/mol. The molecule has 106 valence electrons. The van der Waals surface area contributed by atoms with Crippen molar-refractivity contribution in [1.82, 2.24) is 0 Å². The highest BCUT2D eigenvalue weighted by atomic mass is 16.5. The first-order chi connectivity index (χ1) is 9.15. The molecule has 0 aliphatic carbocycles. The van der Waals surface area contributed by atoms with E-state index >= 15 is 0 Å². The zero-order valence-electron chi connectivity index (χ0n) is 11.8. The van der Waals surface area contributed by atoms with Crippen molar-refractivity contribution in [2.75, 3.05) is 13.7 Å². The fourth-order valence-corrected chi connectivity index (χ4v) is 1.77. The lowest BCUT2D eigenvalue weighted by Crippen LogP contribution is -2.13. The summed E-state index contributed by atoms with van der Waals surface area (Å²) in [5.74, 6) is 1.19. The molecular weight excluding hydrogens is 240 g/mol. The Kier molecular flexibility index (Phi) is 7.23. The summed E-state index contributed by atoms with van der Waals surface area (Å²) in [5.41, 5.74) is 1.11. The predicted molar refractivity (Wildman–Crippen MR) is 77.3 cm³/mol. The molecule has 1 aromatic rings. The molecular formula is C16H24O3. The van der Waals surface area contributed by atoms with Crippen LogP contribution in [0.25, 0.3) is 0 Å². The Balaban J connectivity index is 2.17. The summed E-state index contributed by atoms with van der Waals surface area (Å²) in [6.45, 7) is 6.89. The molecule has 1 unspecified atom stereocenters. The maximum absolute atomic E-state index is 9.77. The third-order valence-corrected chi connectivity index (χ3v) is 3.07. The minimum atomic E-state index is -0.316. The van der Waals surface area contributed by atoms with Crippen molar-refractivity contribution in [3.63, 3.8) is 0 Å². The molecule has 3 heteroatoms. The van der Waals surface area contributed by atoms with Gasteiger partial charge < -0.3 is 14.6 Å². The standard InChI is InChI=1S/C16H24O3/c1-4-13(2)11-15(17)9-10-19-12-14-5-7-16(18-3)8-6-14/h4-8,13,15,17H,1,9-12H2,2-3H3/t13?,15-/m0/s1. The van der Waals surface area contributed by atoms with Gasteiger partial charge >= 0.3 is 0 Å². The van der Waals surface area contributed by atoms with Gasteiger partial charge in [0, 0.05) is 6.61 Å². The summed E-state index contributed by atoms with van der Waals surface area (Å²) in [5, 5.41) is 9.77. The van der Waals surface area contributed by atoms with Gasteiger partial charge in [0.25, 0.3) is 0 Å². The van der Waals surface area contributed by atoms with E-state index in [-0.39, 0.29) is 6.10 Å². The summed E-state index contributed by atoms with van der Waals surface area (Å²) in [7, 11) is 1.65. The van der Waals surface area contributed by atoms with Crippen LogP contribution in [0, 0.1) is 5.92 Å². The Morgan fingerprint density at radius 1 is 1.32 bits per heavy atom. The van der Waals surface area contributed by atoms with E-state index in [4.69, 9.17) is 9.47 Å². The van der Waals surface area contributed by atoms with E-state index in [9.17, 15) is 5.11 Å². The number of hydrogen-bond donors (Lipinski definition) is 1. The molecule has 0 heterocycles. The molecule has 0 amide bonds. The van der Waals surface area contributed by atoms with Gasteiger partial charge in [0.1, 0.15) is 5.75 Å². The Morgan fingerprint density at radius 2 is 2.00 bits per heavy atom. The number of ether oxygens (including phenoxy) is 2. The molecule has 0 bridgehead atoms. The number of aliphatic hydroxyl groups excluding tert-OH is 1. The smallest absolute Gasteiger partial charge is 0.118 e. The molecule has 1 aromatic carbocycles. The van der Waals surface area contributed by atoms with Crippen LogP contribution in [-0.2, 0) is 11.3 Å². The lowest BCUT2D eigenvalue weighted by atomic mass is 10.0. The normalized spacial score (nSPS) is 13.8. The van der Waals surface area contributed by atoms with Crippen LogP contribution in [0.2, 0.25) is 0 Å². The first-order valence-electron chi connectivity index (χ1n) is 6.67. The summed E-state index contributed by atoms with van der Waals surface area (Å²) < 4.78 is 10.6. The maximum atomic E-state index is 9.77. The van der Waals surface area contributed by atoms with Crippen LogP contribution in [0.4, 0.5) is 0 Å². The van der Waals surface area contributed by atoms with Gasteiger partial charge in [-0.1, -0.05) is 25.1 Å². The van der Waals surface area contributed by atoms with Gasteiger partial charge in [-0.05, 0) is 36.5 Å². The molecule has 2 atom stereocenters. The first-order valence-corrected chi connectivity index (χ1v) is 6.67. The van der Waals surface area contributed by atoms with E-state index in [1.54, 1.807) is 7.11 Å². The van der Waals surface area contributed by atoms with E-state index in [0.717, 1.165) is 17.7 Å². The minimum absolute atomic E-state index is 0.316. The molecule has 19 heavy (non-hydrogen) atoms. The highest BCUT2D eigenvalue weighted by molar-refractivity contribution is 5.26. The summed E-state index contributed by atoms with van der Waals surface area (Å²) in [6, 6.07) is 7.79. The Morgan fingerprint density at radius 3 is 2.58 bits per heavy atom. The number of aliphatic hydroxyl groups is 1. The van der Waals surface area contributed by atoms with Gasteiger partial charge in [-0.3, -0.25) is 0 Å². The Bertz CT molecular complexity index is 359. The second kappa shape index (κ2) is 8.73. The summed E-state index contributed by atoms with van der Waals surface area (Å²) in [6.07, 6.45) is 2.95. The van der Waals surface area contributed by atoms with Gasteiger partial charge in [0.15, 0.2) is 0 Å². The van der Waals surface area contributed by atoms with Crippen LogP contribution >= 0.6 is 0 Å². The molecule has 0 aliphatic heterocycles. The van der Waals surface area contributed by atoms with Gasteiger partial charge in [-0.2, -0.15) is 0 Å². The second-order valence-corrected chi connectivity index (χ2v) is 4.79. The van der Waals surface area contributed by atoms with E-state index in [1.165, 1.54) is 0 Å². The topological polar surface area (TPSA) is 38.7 Å². The van der Waals surface area contributed by atoms with Gasteiger partial charge in [-0.25, -0.2) is 0 Å². The Labute approximate surface area is 115 Å². The SMILES string of the molecule is C=CC(C)C[C@@H](O)CCOCc1ccc(OC)cc1. The Hall–Kier alpha value is -1.32. The monoisotopic (exact) mass is 264 g/mol. The largest absolute Gasteiger partial charge is 0.497 e. The quantitative estimate of drug-likeness (QED) is 0.550. The van der Waals surface area contributed by atoms with E-state index < -0.39 is 0 Å². The molecule has 0 aromatic heterocycles. The third kappa shape index (κ3) is 6.41. The maximum Gasteiger partial charge on any atom is 0.118 e. The molecule has 3 nitrogen and oxygen atoms in total. The van der Waals surface area contributed by atoms with Gasteiger partial charge in [0.05, 0.1) is 19.8 Å². The van der Waals surface area contributed by atoms with Crippen LogP contribution in [0.15, 0.2) is 36.9 Å². The van der Waals surface area contributed by atoms with Crippen LogP contribution in [0.1, 0.15) is 25.3 Å². The van der Waals surface area contributed by atoms with E-state index in [1.807, 2.05) is 30.3 Å². The lowest BCUT2D eigenvalue weighted by Gasteiger charge is -2.13. The minimum Gasteiger partial charge on any atom is -0.497 e. The second-order valence-electron chi connectivity index (χ2n) is 4.79. The first kappa shape index (κ1) is 15.7. The van der Waals surface area contributed by atoms with Crippen LogP contribution in [-0.4, -0.2) is 24.9 Å². The van der Waals surface area contributed by atoms with Crippen molar-refractivity contribution in [2.24, 2.45) is 5.92 Å². The van der Waals surface area contributed by atoms with Crippen LogP contribution in [0.5, 0.6) is 5.75 Å². The number of methoxy groups -OCH3 is 1. The van der Waals surface area contributed by atoms with Gasteiger partial charge in [0.2, 0.25) is 0 Å². The molecule has 0 spiro atoms. The van der Waals surface area contributed by atoms with Crippen LogP contribution < -0.4 is 4.74 Å². The highest BCUT2D eigenvalue weighted by Crippen LogP contribution is 2.13. The fraction of sp³-hybridized carbons (Fsp3) is 0.500. The molecule has 0 aliphatic rings. The van der Waals surface area contributed by atoms with E-state index in [0.29, 0.717) is 25.6 Å². The fourth-order valence-electron chi connectivity index (χ4n) is 1.77. The number of benzene rings is 1. The lowest BCUT2D eigenvalue weighted by molar-refractivity contribution is 0.0663. The predicted octanol–water partition coefficient (Wildman–Crippen LogP) is 3.18. The highest BCUT2D eigenvalue weighted by Gasteiger charge is 2.07. The number of rotatable bonds is 9. The zero-order valence-corrected chi connectivity index (χ0v) is 11.8. The van der Waals surface area contributed by atoms with Crippen molar-refractivity contribution in [2.45, 2.75) is 32.5 Å². The molecule has 0 saturated carbocycles.